The molecule has 0 unspecified atom stereocenters. The molecule has 2 nitrogen and oxygen atoms in total. The van der Waals surface area contributed by atoms with E-state index < -0.39 is 0 Å². The fraction of sp³-hybridized carbons (Fsp3) is 0.933. The lowest BCUT2D eigenvalue weighted by molar-refractivity contribution is -0.144. The molecule has 0 N–H and O–H groups in total. The number of ether oxygens (including phenoxy) is 1. The van der Waals surface area contributed by atoms with Crippen molar-refractivity contribution in [2.24, 2.45) is 23.7 Å². The molecule has 0 bridgehead atoms. The van der Waals surface area contributed by atoms with Gasteiger partial charge in [-0.25, -0.2) is 0 Å². The van der Waals surface area contributed by atoms with E-state index in [0.29, 0.717) is 24.9 Å². The third-order valence-corrected chi connectivity index (χ3v) is 11.5. The van der Waals surface area contributed by atoms with Crippen LogP contribution in [0.15, 0.2) is 12.2 Å². The average molecular weight is 657 g/mol. The molecule has 0 aliphatic heterocycles. The normalized spacial score (nSPS) is 20.3. The van der Waals surface area contributed by atoms with Gasteiger partial charge >= 0.3 is 5.97 Å². The SMILES string of the molecule is CCCCCCCCCCCCCCCCCCCC[C@@H]1C[C@@H]1CCCCCCCCCCCC/C=C/[C@@H]1C[C@@H]1COC(=O)CCC. The molecule has 276 valence electrons. The van der Waals surface area contributed by atoms with Gasteiger partial charge in [-0.1, -0.05) is 212 Å². The first-order chi connectivity index (χ1) is 23.2. The maximum absolute atomic E-state index is 11.5. The zero-order valence-electron chi connectivity index (χ0n) is 32.2. The summed E-state index contributed by atoms with van der Waals surface area (Å²) in [6, 6.07) is 0. The molecule has 4 atom stereocenters. The Morgan fingerprint density at radius 3 is 1.32 bits per heavy atom. The predicted octanol–water partition coefficient (Wildman–Crippen LogP) is 15.3. The second-order valence-electron chi connectivity index (χ2n) is 16.2. The molecule has 0 aromatic rings. The van der Waals surface area contributed by atoms with Gasteiger partial charge in [0.05, 0.1) is 6.61 Å². The molecule has 0 aromatic carbocycles. The fourth-order valence-electron chi connectivity index (χ4n) is 7.85. The van der Waals surface area contributed by atoms with E-state index in [-0.39, 0.29) is 5.97 Å². The molecule has 47 heavy (non-hydrogen) atoms. The maximum atomic E-state index is 11.5. The molecule has 0 amide bonds. The quantitative estimate of drug-likeness (QED) is 0.0378. The van der Waals surface area contributed by atoms with Gasteiger partial charge in [0.15, 0.2) is 0 Å². The smallest absolute Gasteiger partial charge is 0.305 e. The van der Waals surface area contributed by atoms with E-state index in [1.54, 1.807) is 12.8 Å². The average Bonchev–Trinajstić information content (AvgIpc) is 4.00. The van der Waals surface area contributed by atoms with Gasteiger partial charge < -0.3 is 4.74 Å². The van der Waals surface area contributed by atoms with E-state index in [1.165, 1.54) is 199 Å². The second kappa shape index (κ2) is 31.2. The monoisotopic (exact) mass is 657 g/mol. The summed E-state index contributed by atoms with van der Waals surface area (Å²) < 4.78 is 5.34. The van der Waals surface area contributed by atoms with Gasteiger partial charge in [-0.15, -0.1) is 0 Å². The number of carbonyl (C=O) groups is 1. The third kappa shape index (κ3) is 26.7. The molecular formula is C45H84O2. The van der Waals surface area contributed by atoms with E-state index in [4.69, 9.17) is 4.74 Å². The van der Waals surface area contributed by atoms with Crippen LogP contribution < -0.4 is 0 Å². The molecule has 2 saturated carbocycles. The topological polar surface area (TPSA) is 26.3 Å². The summed E-state index contributed by atoms with van der Waals surface area (Å²) in [6.07, 6.45) is 54.3. The van der Waals surface area contributed by atoms with E-state index in [0.717, 1.165) is 18.3 Å². The van der Waals surface area contributed by atoms with E-state index >= 15 is 0 Å². The molecule has 0 saturated heterocycles. The van der Waals surface area contributed by atoms with Crippen molar-refractivity contribution in [3.8, 4) is 0 Å². The Balaban J connectivity index is 1.18. The highest BCUT2D eigenvalue weighted by Gasteiger charge is 2.36. The van der Waals surface area contributed by atoms with E-state index in [1.807, 2.05) is 6.92 Å². The van der Waals surface area contributed by atoms with Crippen LogP contribution in [0.25, 0.3) is 0 Å². The van der Waals surface area contributed by atoms with E-state index in [9.17, 15) is 4.79 Å². The minimum absolute atomic E-state index is 0.0233. The van der Waals surface area contributed by atoms with Gasteiger partial charge in [-0.3, -0.25) is 4.79 Å². The number of hydrogen-bond donors (Lipinski definition) is 0. The molecular weight excluding hydrogens is 572 g/mol. The van der Waals surface area contributed by atoms with Crippen LogP contribution in [0.2, 0.25) is 0 Å². The second-order valence-corrected chi connectivity index (χ2v) is 16.2. The first kappa shape index (κ1) is 42.4. The van der Waals surface area contributed by atoms with Crippen molar-refractivity contribution in [2.45, 2.75) is 239 Å². The highest BCUT2D eigenvalue weighted by molar-refractivity contribution is 5.69. The Labute approximate surface area is 295 Å². The lowest BCUT2D eigenvalue weighted by Crippen LogP contribution is -2.06. The minimum Gasteiger partial charge on any atom is -0.465 e. The van der Waals surface area contributed by atoms with Crippen molar-refractivity contribution in [2.75, 3.05) is 6.61 Å². The summed E-state index contributed by atoms with van der Waals surface area (Å²) in [5.41, 5.74) is 0. The number of allylic oxidation sites excluding steroid dienone is 2. The van der Waals surface area contributed by atoms with Crippen LogP contribution in [0.3, 0.4) is 0 Å². The lowest BCUT2D eigenvalue weighted by Gasteiger charge is -2.04. The zero-order chi connectivity index (χ0) is 33.5. The molecule has 2 fully saturated rings. The molecule has 0 spiro atoms. The highest BCUT2D eigenvalue weighted by atomic mass is 16.5. The van der Waals surface area contributed by atoms with Crippen molar-refractivity contribution in [1.29, 1.82) is 0 Å². The van der Waals surface area contributed by atoms with Crippen molar-refractivity contribution in [1.82, 2.24) is 0 Å². The molecule has 2 rings (SSSR count). The summed E-state index contributed by atoms with van der Waals surface area (Å²) in [6.45, 7) is 4.97. The number of carbonyl (C=O) groups excluding carboxylic acids is 1. The van der Waals surface area contributed by atoms with Crippen molar-refractivity contribution < 1.29 is 9.53 Å². The number of rotatable bonds is 37. The summed E-state index contributed by atoms with van der Waals surface area (Å²) in [5.74, 6) is 3.45. The lowest BCUT2D eigenvalue weighted by atomic mass is 10.0. The van der Waals surface area contributed by atoms with Crippen molar-refractivity contribution in [3.63, 3.8) is 0 Å². The van der Waals surface area contributed by atoms with Crippen LogP contribution in [0.1, 0.15) is 239 Å². The largest absolute Gasteiger partial charge is 0.465 e. The Morgan fingerprint density at radius 2 is 0.894 bits per heavy atom. The Kier molecular flexibility index (Phi) is 28.1. The molecule has 2 heteroatoms. The molecule has 2 aliphatic carbocycles. The standard InChI is InChI=1S/C45H84O2/c1-3-5-6-7-8-9-10-11-12-13-14-15-16-19-22-25-28-31-35-41-38-42(41)36-32-29-26-23-20-17-18-21-24-27-30-33-37-43-39-44(43)40-47-45(46)34-4-2/h33,37,41-44H,3-32,34-36,38-40H2,1-2H3/b37-33+/t41-,42+,43-,44-/m1/s1. The Bertz CT molecular complexity index is 713. The van der Waals surface area contributed by atoms with Gasteiger partial charge in [0.1, 0.15) is 0 Å². The van der Waals surface area contributed by atoms with Crippen molar-refractivity contribution in [3.05, 3.63) is 12.2 Å². The van der Waals surface area contributed by atoms with Gasteiger partial charge in [-0.2, -0.15) is 0 Å². The first-order valence-corrected chi connectivity index (χ1v) is 22.1. The summed E-state index contributed by atoms with van der Waals surface area (Å²) in [5, 5.41) is 0. The molecule has 2 aliphatic rings. The minimum atomic E-state index is -0.0233. The molecule has 0 aromatic heterocycles. The Hall–Kier alpha value is -0.790. The summed E-state index contributed by atoms with van der Waals surface area (Å²) in [4.78, 5) is 11.5. The number of unbranched alkanes of at least 4 members (excludes halogenated alkanes) is 27. The van der Waals surface area contributed by atoms with Crippen LogP contribution in [0, 0.1) is 23.7 Å². The van der Waals surface area contributed by atoms with E-state index in [2.05, 4.69) is 19.1 Å². The number of esters is 1. The van der Waals surface area contributed by atoms with Gasteiger partial charge in [0.25, 0.3) is 0 Å². The van der Waals surface area contributed by atoms with Crippen LogP contribution >= 0.6 is 0 Å². The predicted molar refractivity (Wildman–Crippen MR) is 207 cm³/mol. The third-order valence-electron chi connectivity index (χ3n) is 11.5. The summed E-state index contributed by atoms with van der Waals surface area (Å²) in [7, 11) is 0. The van der Waals surface area contributed by atoms with Crippen LogP contribution in [0.5, 0.6) is 0 Å². The van der Waals surface area contributed by atoms with Gasteiger partial charge in [0, 0.05) is 6.42 Å². The van der Waals surface area contributed by atoms with Gasteiger partial charge in [-0.05, 0) is 55.8 Å². The summed E-state index contributed by atoms with van der Waals surface area (Å²) >= 11 is 0. The number of hydrogen-bond acceptors (Lipinski definition) is 2. The van der Waals surface area contributed by atoms with Crippen LogP contribution in [0.4, 0.5) is 0 Å². The molecule has 0 radical (unpaired) electrons. The highest BCUT2D eigenvalue weighted by Crippen LogP contribution is 2.46. The molecule has 0 heterocycles. The van der Waals surface area contributed by atoms with Gasteiger partial charge in [0.2, 0.25) is 0 Å². The van der Waals surface area contributed by atoms with Crippen molar-refractivity contribution >= 4 is 5.97 Å². The van der Waals surface area contributed by atoms with Crippen LogP contribution in [-0.2, 0) is 9.53 Å². The fourth-order valence-corrected chi connectivity index (χ4v) is 7.85. The maximum Gasteiger partial charge on any atom is 0.305 e. The zero-order valence-corrected chi connectivity index (χ0v) is 32.2. The first-order valence-electron chi connectivity index (χ1n) is 22.1. The van der Waals surface area contributed by atoms with Crippen LogP contribution in [-0.4, -0.2) is 12.6 Å². The Morgan fingerprint density at radius 1 is 0.489 bits per heavy atom.